The van der Waals surface area contributed by atoms with E-state index in [-0.39, 0.29) is 22.5 Å². The number of allylic oxidation sites excluding steroid dienone is 1. The van der Waals surface area contributed by atoms with Crippen molar-refractivity contribution < 1.29 is 38.2 Å². The Bertz CT molecular complexity index is 1020. The van der Waals surface area contributed by atoms with Crippen LogP contribution in [0.1, 0.15) is 26.5 Å². The number of nitrogens with two attached hydrogens (primary N) is 1. The van der Waals surface area contributed by atoms with Gasteiger partial charge in [-0.05, 0) is 6.07 Å². The average Bonchev–Trinajstić information content (AvgIpc) is 3.14. The molecule has 1 aliphatic carbocycles. The van der Waals surface area contributed by atoms with Crippen LogP contribution in [-0.2, 0) is 28.6 Å². The van der Waals surface area contributed by atoms with E-state index >= 15 is 0 Å². The van der Waals surface area contributed by atoms with Crippen molar-refractivity contribution >= 4 is 46.6 Å². The van der Waals surface area contributed by atoms with E-state index in [1.165, 1.54) is 0 Å². The number of hydrogen-bond donors (Lipinski definition) is 2. The number of aromatic amines is 1. The summed E-state index contributed by atoms with van der Waals surface area (Å²) in [4.78, 5) is 62.7. The van der Waals surface area contributed by atoms with Crippen LogP contribution in [0.4, 0.5) is 0 Å². The van der Waals surface area contributed by atoms with E-state index in [0.29, 0.717) is 0 Å². The molecule has 0 amide bonds. The summed E-state index contributed by atoms with van der Waals surface area (Å²) < 4.78 is 13.6. The van der Waals surface area contributed by atoms with Gasteiger partial charge in [-0.25, -0.2) is 14.4 Å². The molecule has 0 aromatic carbocycles. The van der Waals surface area contributed by atoms with Gasteiger partial charge in [0.2, 0.25) is 11.6 Å². The molecule has 3 N–H and O–H groups in total. The first-order chi connectivity index (χ1) is 13.2. The third kappa shape index (κ3) is 3.46. The minimum absolute atomic E-state index is 0.138. The second-order valence-corrected chi connectivity index (χ2v) is 5.59. The van der Waals surface area contributed by atoms with Gasteiger partial charge in [0.15, 0.2) is 5.70 Å². The van der Waals surface area contributed by atoms with Gasteiger partial charge in [0.05, 0.1) is 32.6 Å². The predicted molar refractivity (Wildman–Crippen MR) is 93.0 cm³/mol. The third-order valence-corrected chi connectivity index (χ3v) is 4.01. The van der Waals surface area contributed by atoms with E-state index in [2.05, 4.69) is 24.9 Å². The second-order valence-electron chi connectivity index (χ2n) is 5.21. The third-order valence-electron chi connectivity index (χ3n) is 3.65. The van der Waals surface area contributed by atoms with Crippen molar-refractivity contribution in [2.75, 3.05) is 21.3 Å². The zero-order valence-electron chi connectivity index (χ0n) is 14.8. The molecule has 0 radical (unpaired) electrons. The van der Waals surface area contributed by atoms with E-state index in [1.54, 1.807) is 0 Å². The van der Waals surface area contributed by atoms with E-state index in [1.807, 2.05) is 0 Å². The monoisotopic (exact) mass is 408 g/mol. The predicted octanol–water partition coefficient (Wildman–Crippen LogP) is 0.230. The van der Waals surface area contributed by atoms with Gasteiger partial charge < -0.3 is 24.9 Å². The van der Waals surface area contributed by atoms with Gasteiger partial charge in [0, 0.05) is 5.57 Å². The summed E-state index contributed by atoms with van der Waals surface area (Å²) in [7, 11) is 3.19. The van der Waals surface area contributed by atoms with E-state index < -0.39 is 45.8 Å². The maximum atomic E-state index is 12.3. The standard InChI is InChI=1S/C17H13ClN2O8/c1-26-15(23)6(4-8(19)16(24)27-2)10-11(18)14(22)13(21)7-5-9(17(25)28-3)20-12(7)10/h5,20H,19H2,1-3H3. The largest absolute Gasteiger partial charge is 0.465 e. The molecule has 28 heavy (non-hydrogen) atoms. The number of ketones is 2. The molecule has 0 fully saturated rings. The molecule has 10 nitrogen and oxygen atoms in total. The van der Waals surface area contributed by atoms with Crippen LogP contribution >= 0.6 is 11.6 Å². The molecule has 1 aromatic rings. The highest BCUT2D eigenvalue weighted by atomic mass is 35.5. The Morgan fingerprint density at radius 3 is 2.18 bits per heavy atom. The number of fused-ring (bicyclic) bond motifs is 1. The Hall–Kier alpha value is -3.62. The molecule has 0 unspecified atom stereocenters. The van der Waals surface area contributed by atoms with Crippen molar-refractivity contribution in [1.82, 2.24) is 4.98 Å². The first kappa shape index (κ1) is 20.7. The number of ether oxygens (including phenoxy) is 3. The summed E-state index contributed by atoms with van der Waals surface area (Å²) in [5.41, 5.74) is 5.78. The summed E-state index contributed by atoms with van der Waals surface area (Å²) >= 11 is 6.01. The molecular formula is C17H13ClN2O8. The van der Waals surface area contributed by atoms with Gasteiger partial charge in [-0.15, -0.1) is 0 Å². The lowest BCUT2D eigenvalue weighted by molar-refractivity contribution is -0.136. The number of nitrogens with one attached hydrogen (secondary N) is 1. The molecule has 11 heteroatoms. The number of aromatic nitrogens is 1. The van der Waals surface area contributed by atoms with E-state index in [4.69, 9.17) is 17.3 Å². The molecule has 1 heterocycles. The second kappa shape index (κ2) is 7.95. The summed E-state index contributed by atoms with van der Waals surface area (Å²) in [5.74, 6) is -5.07. The number of rotatable bonds is 4. The van der Waals surface area contributed by atoms with Gasteiger partial charge in [0.25, 0.3) is 0 Å². The maximum Gasteiger partial charge on any atom is 0.362 e. The SMILES string of the molecule is COC(=O)C(N)=C=C(C(=O)OC)C1=C(Cl)C(=O)C(=O)c2cc(C(=O)OC)[nH]c21. The number of esters is 3. The molecular weight excluding hydrogens is 396 g/mol. The minimum Gasteiger partial charge on any atom is -0.465 e. The van der Waals surface area contributed by atoms with Crippen LogP contribution in [0, 0.1) is 0 Å². The number of H-pyrrole nitrogens is 1. The topological polar surface area (TPSA) is 155 Å². The molecule has 2 rings (SSSR count). The van der Waals surface area contributed by atoms with Crippen molar-refractivity contribution in [3.05, 3.63) is 45.1 Å². The van der Waals surface area contributed by atoms with E-state index in [0.717, 1.165) is 27.4 Å². The number of Topliss-reactive ketones (excluding diaryl/α,β-unsaturated/α-hetero) is 2. The lowest BCUT2D eigenvalue weighted by atomic mass is 9.90. The van der Waals surface area contributed by atoms with Crippen LogP contribution in [0.3, 0.4) is 0 Å². The Morgan fingerprint density at radius 1 is 1.04 bits per heavy atom. The van der Waals surface area contributed by atoms with Crippen molar-refractivity contribution in [1.29, 1.82) is 0 Å². The summed E-state index contributed by atoms with van der Waals surface area (Å²) in [6.07, 6.45) is 0. The summed E-state index contributed by atoms with van der Waals surface area (Å²) in [5, 5.41) is -0.652. The average molecular weight is 409 g/mol. The minimum atomic E-state index is -1.14. The molecule has 0 bridgehead atoms. The quantitative estimate of drug-likeness (QED) is 0.234. The molecule has 0 saturated heterocycles. The van der Waals surface area contributed by atoms with Crippen LogP contribution < -0.4 is 5.73 Å². The number of halogens is 1. The lowest BCUT2D eigenvalue weighted by Gasteiger charge is -2.15. The van der Waals surface area contributed by atoms with E-state index in [9.17, 15) is 24.0 Å². The summed E-state index contributed by atoms with van der Waals surface area (Å²) in [6, 6.07) is 1.08. The van der Waals surface area contributed by atoms with Gasteiger partial charge >= 0.3 is 17.9 Å². The fourth-order valence-electron chi connectivity index (χ4n) is 2.34. The molecule has 1 aromatic heterocycles. The van der Waals surface area contributed by atoms with Crippen molar-refractivity contribution in [3.63, 3.8) is 0 Å². The van der Waals surface area contributed by atoms with Crippen molar-refractivity contribution in [2.45, 2.75) is 0 Å². The van der Waals surface area contributed by atoms with Crippen LogP contribution in [-0.4, -0.2) is 55.8 Å². The van der Waals surface area contributed by atoms with Crippen LogP contribution in [0.5, 0.6) is 0 Å². The van der Waals surface area contributed by atoms with Crippen molar-refractivity contribution in [2.24, 2.45) is 5.73 Å². The summed E-state index contributed by atoms with van der Waals surface area (Å²) in [6.45, 7) is 0. The lowest BCUT2D eigenvalue weighted by Crippen LogP contribution is -2.23. The maximum absolute atomic E-state index is 12.3. The molecule has 0 saturated carbocycles. The highest BCUT2D eigenvalue weighted by Gasteiger charge is 2.38. The number of carbonyl (C=O) groups is 5. The molecule has 1 aliphatic rings. The highest BCUT2D eigenvalue weighted by Crippen LogP contribution is 2.36. The molecule has 0 aliphatic heterocycles. The Labute approximate surface area is 162 Å². The zero-order valence-corrected chi connectivity index (χ0v) is 15.6. The fourth-order valence-corrected chi connectivity index (χ4v) is 2.62. The van der Waals surface area contributed by atoms with Crippen LogP contribution in [0.15, 0.2) is 28.1 Å². The van der Waals surface area contributed by atoms with Crippen LogP contribution in [0.25, 0.3) is 5.57 Å². The molecule has 146 valence electrons. The fraction of sp³-hybridized carbons (Fsp3) is 0.176. The first-order valence-corrected chi connectivity index (χ1v) is 7.79. The zero-order chi connectivity index (χ0) is 21.2. The first-order valence-electron chi connectivity index (χ1n) is 7.41. The Kier molecular flexibility index (Phi) is 5.87. The normalized spacial score (nSPS) is 12.7. The van der Waals surface area contributed by atoms with Gasteiger partial charge in [0.1, 0.15) is 16.3 Å². The van der Waals surface area contributed by atoms with Crippen LogP contribution in [0.2, 0.25) is 0 Å². The smallest absolute Gasteiger partial charge is 0.362 e. The van der Waals surface area contributed by atoms with Gasteiger partial charge in [-0.1, -0.05) is 17.3 Å². The highest BCUT2D eigenvalue weighted by molar-refractivity contribution is 6.65. The number of hydrogen-bond acceptors (Lipinski definition) is 9. The number of carbonyl (C=O) groups excluding carboxylic acids is 5. The number of methoxy groups -OCH3 is 3. The van der Waals surface area contributed by atoms with Crippen molar-refractivity contribution in [3.8, 4) is 0 Å². The Balaban J connectivity index is 2.89. The Morgan fingerprint density at radius 2 is 1.64 bits per heavy atom. The van der Waals surface area contributed by atoms with Gasteiger partial charge in [-0.3, -0.25) is 9.59 Å². The molecule has 0 atom stereocenters. The van der Waals surface area contributed by atoms with Gasteiger partial charge in [-0.2, -0.15) is 0 Å². The molecule has 0 spiro atoms.